The highest BCUT2D eigenvalue weighted by molar-refractivity contribution is 6.07. The SMILES string of the molecule is Cn1cncc1CCNc1ccc(C(=O)c2nccn2C)cc1[N+](=O)[O-]. The summed E-state index contributed by atoms with van der Waals surface area (Å²) in [6.45, 7) is 0.507. The van der Waals surface area contributed by atoms with Crippen molar-refractivity contribution in [3.8, 4) is 0 Å². The zero-order chi connectivity index (χ0) is 18.7. The van der Waals surface area contributed by atoms with E-state index in [0.717, 1.165) is 5.69 Å². The summed E-state index contributed by atoms with van der Waals surface area (Å²) in [4.78, 5) is 31.4. The van der Waals surface area contributed by atoms with Gasteiger partial charge < -0.3 is 14.5 Å². The summed E-state index contributed by atoms with van der Waals surface area (Å²) in [6.07, 6.45) is 7.29. The van der Waals surface area contributed by atoms with Crippen molar-refractivity contribution >= 4 is 17.2 Å². The van der Waals surface area contributed by atoms with Crippen LogP contribution in [0, 0.1) is 10.1 Å². The monoisotopic (exact) mass is 354 g/mol. The van der Waals surface area contributed by atoms with Crippen LogP contribution in [0.4, 0.5) is 11.4 Å². The zero-order valence-corrected chi connectivity index (χ0v) is 14.4. The lowest BCUT2D eigenvalue weighted by atomic mass is 10.1. The molecule has 2 aromatic heterocycles. The minimum atomic E-state index is -0.498. The molecule has 1 N–H and O–H groups in total. The van der Waals surface area contributed by atoms with Crippen molar-refractivity contribution in [2.45, 2.75) is 6.42 Å². The average Bonchev–Trinajstić information content (AvgIpc) is 3.22. The predicted molar refractivity (Wildman–Crippen MR) is 95.1 cm³/mol. The van der Waals surface area contributed by atoms with Gasteiger partial charge in [-0.1, -0.05) is 0 Å². The van der Waals surface area contributed by atoms with Crippen LogP contribution in [-0.2, 0) is 20.5 Å². The maximum absolute atomic E-state index is 12.5. The molecule has 9 nitrogen and oxygen atoms in total. The van der Waals surface area contributed by atoms with E-state index in [1.54, 1.807) is 42.5 Å². The Morgan fingerprint density at radius 1 is 1.31 bits per heavy atom. The van der Waals surface area contributed by atoms with Gasteiger partial charge in [0.2, 0.25) is 5.78 Å². The molecule has 0 atom stereocenters. The first-order valence-electron chi connectivity index (χ1n) is 7.97. The molecule has 1 aromatic carbocycles. The second-order valence-corrected chi connectivity index (χ2v) is 5.85. The second kappa shape index (κ2) is 7.18. The van der Waals surface area contributed by atoms with Crippen LogP contribution in [0.1, 0.15) is 21.9 Å². The number of carbonyl (C=O) groups excluding carboxylic acids is 1. The molecule has 134 valence electrons. The van der Waals surface area contributed by atoms with E-state index in [0.29, 0.717) is 18.7 Å². The summed E-state index contributed by atoms with van der Waals surface area (Å²) >= 11 is 0. The first-order chi connectivity index (χ1) is 12.5. The smallest absolute Gasteiger partial charge is 0.293 e. The van der Waals surface area contributed by atoms with Gasteiger partial charge in [0, 0.05) is 63.0 Å². The molecule has 3 aromatic rings. The summed E-state index contributed by atoms with van der Waals surface area (Å²) in [6, 6.07) is 4.40. The third-order valence-electron chi connectivity index (χ3n) is 4.09. The molecule has 2 heterocycles. The number of hydrogen-bond donors (Lipinski definition) is 1. The van der Waals surface area contributed by atoms with Crippen molar-refractivity contribution in [2.24, 2.45) is 14.1 Å². The fourth-order valence-electron chi connectivity index (χ4n) is 2.64. The van der Waals surface area contributed by atoms with Gasteiger partial charge in [0.25, 0.3) is 5.69 Å². The van der Waals surface area contributed by atoms with Gasteiger partial charge in [0.05, 0.1) is 11.3 Å². The number of carbonyl (C=O) groups is 1. The Balaban J connectivity index is 1.79. The Labute approximate surface area is 149 Å². The van der Waals surface area contributed by atoms with Gasteiger partial charge in [-0.3, -0.25) is 14.9 Å². The second-order valence-electron chi connectivity index (χ2n) is 5.85. The molecule has 9 heteroatoms. The summed E-state index contributed by atoms with van der Waals surface area (Å²) in [7, 11) is 3.59. The van der Waals surface area contributed by atoms with Crippen LogP contribution >= 0.6 is 0 Å². The number of nitrogens with one attached hydrogen (secondary N) is 1. The molecule has 0 amide bonds. The van der Waals surface area contributed by atoms with E-state index in [-0.39, 0.29) is 22.9 Å². The highest BCUT2D eigenvalue weighted by Crippen LogP contribution is 2.26. The van der Waals surface area contributed by atoms with Crippen LogP contribution in [0.2, 0.25) is 0 Å². The molecule has 0 saturated carbocycles. The summed E-state index contributed by atoms with van der Waals surface area (Å²) in [5.41, 5.74) is 1.47. The minimum Gasteiger partial charge on any atom is -0.379 e. The molecule has 0 aliphatic heterocycles. The lowest BCUT2D eigenvalue weighted by Gasteiger charge is -2.09. The topological polar surface area (TPSA) is 108 Å². The molecule has 0 unspecified atom stereocenters. The molecule has 0 fully saturated rings. The quantitative estimate of drug-likeness (QED) is 0.395. The number of ketones is 1. The average molecular weight is 354 g/mol. The number of rotatable bonds is 7. The van der Waals surface area contributed by atoms with Crippen molar-refractivity contribution in [1.29, 1.82) is 0 Å². The van der Waals surface area contributed by atoms with Crippen LogP contribution in [0.5, 0.6) is 0 Å². The normalized spacial score (nSPS) is 10.7. The minimum absolute atomic E-state index is 0.143. The summed E-state index contributed by atoms with van der Waals surface area (Å²) < 4.78 is 3.47. The maximum atomic E-state index is 12.5. The molecule has 0 bridgehead atoms. The van der Waals surface area contributed by atoms with Gasteiger partial charge in [-0.2, -0.15) is 0 Å². The lowest BCUT2D eigenvalue weighted by molar-refractivity contribution is -0.384. The number of nitro groups is 1. The van der Waals surface area contributed by atoms with Crippen LogP contribution in [0.25, 0.3) is 0 Å². The molecule has 0 aliphatic carbocycles. The predicted octanol–water partition coefficient (Wildman–Crippen LogP) is 1.95. The zero-order valence-electron chi connectivity index (χ0n) is 14.4. The highest BCUT2D eigenvalue weighted by Gasteiger charge is 2.20. The van der Waals surface area contributed by atoms with Crippen molar-refractivity contribution < 1.29 is 9.72 Å². The molecule has 3 rings (SSSR count). The molecular weight excluding hydrogens is 336 g/mol. The van der Waals surface area contributed by atoms with Crippen molar-refractivity contribution in [3.05, 3.63) is 70.3 Å². The van der Waals surface area contributed by atoms with Gasteiger partial charge in [-0.05, 0) is 12.1 Å². The van der Waals surface area contributed by atoms with E-state index < -0.39 is 4.92 Å². The Morgan fingerprint density at radius 2 is 2.12 bits per heavy atom. The van der Waals surface area contributed by atoms with Crippen molar-refractivity contribution in [1.82, 2.24) is 19.1 Å². The van der Waals surface area contributed by atoms with Gasteiger partial charge in [-0.25, -0.2) is 9.97 Å². The Hall–Kier alpha value is -3.49. The largest absolute Gasteiger partial charge is 0.379 e. The van der Waals surface area contributed by atoms with Crippen LogP contribution in [-0.4, -0.2) is 36.4 Å². The standard InChI is InChI=1S/C17H18N6O3/c1-21-8-7-20-17(21)16(24)12-3-4-14(15(9-12)23(25)26)19-6-5-13-10-18-11-22(13)2/h3-4,7-11,19H,5-6H2,1-2H3. The Kier molecular flexibility index (Phi) is 4.78. The van der Waals surface area contributed by atoms with E-state index in [1.165, 1.54) is 12.3 Å². The fraction of sp³-hybridized carbons (Fsp3) is 0.235. The first-order valence-corrected chi connectivity index (χ1v) is 7.97. The van der Waals surface area contributed by atoms with E-state index in [9.17, 15) is 14.9 Å². The number of aryl methyl sites for hydroxylation is 2. The Morgan fingerprint density at radius 3 is 2.73 bits per heavy atom. The molecule has 0 spiro atoms. The third kappa shape index (κ3) is 3.46. The van der Waals surface area contributed by atoms with E-state index in [1.807, 2.05) is 11.6 Å². The lowest BCUT2D eigenvalue weighted by Crippen LogP contribution is -2.11. The number of anilines is 1. The number of nitro benzene ring substituents is 1. The van der Waals surface area contributed by atoms with E-state index in [4.69, 9.17) is 0 Å². The van der Waals surface area contributed by atoms with Gasteiger partial charge in [0.1, 0.15) is 5.69 Å². The molecule has 26 heavy (non-hydrogen) atoms. The number of aromatic nitrogens is 4. The first kappa shape index (κ1) is 17.3. The maximum Gasteiger partial charge on any atom is 0.293 e. The molecule has 0 aliphatic rings. The fourth-order valence-corrected chi connectivity index (χ4v) is 2.64. The van der Waals surface area contributed by atoms with Crippen LogP contribution < -0.4 is 5.32 Å². The Bertz CT molecular complexity index is 959. The molecule has 0 saturated heterocycles. The van der Waals surface area contributed by atoms with E-state index >= 15 is 0 Å². The number of imidazole rings is 2. The summed E-state index contributed by atoms with van der Waals surface area (Å²) in [5.74, 6) is -0.127. The number of benzene rings is 1. The van der Waals surface area contributed by atoms with Gasteiger partial charge >= 0.3 is 0 Å². The molecule has 0 radical (unpaired) electrons. The van der Waals surface area contributed by atoms with Crippen molar-refractivity contribution in [3.63, 3.8) is 0 Å². The van der Waals surface area contributed by atoms with E-state index in [2.05, 4.69) is 15.3 Å². The molecular formula is C17H18N6O3. The van der Waals surface area contributed by atoms with Crippen LogP contribution in [0.15, 0.2) is 43.1 Å². The number of hydrogen-bond acceptors (Lipinski definition) is 6. The van der Waals surface area contributed by atoms with Gasteiger partial charge in [-0.15, -0.1) is 0 Å². The summed E-state index contributed by atoms with van der Waals surface area (Å²) in [5, 5.41) is 14.5. The van der Waals surface area contributed by atoms with Crippen LogP contribution in [0.3, 0.4) is 0 Å². The highest BCUT2D eigenvalue weighted by atomic mass is 16.6. The third-order valence-corrected chi connectivity index (χ3v) is 4.09. The number of nitrogens with zero attached hydrogens (tertiary/aromatic N) is 5. The van der Waals surface area contributed by atoms with Crippen molar-refractivity contribution in [2.75, 3.05) is 11.9 Å². The van der Waals surface area contributed by atoms with Gasteiger partial charge in [0.15, 0.2) is 5.82 Å².